The molecule has 0 atom stereocenters. The van der Waals surface area contributed by atoms with E-state index >= 15 is 0 Å². The van der Waals surface area contributed by atoms with Gasteiger partial charge in [-0.05, 0) is 60.6 Å². The van der Waals surface area contributed by atoms with Crippen molar-refractivity contribution in [2.24, 2.45) is 5.92 Å². The first-order chi connectivity index (χ1) is 12.5. The van der Waals surface area contributed by atoms with E-state index in [2.05, 4.69) is 0 Å². The Balaban J connectivity index is 1.70. The zero-order valence-corrected chi connectivity index (χ0v) is 15.0. The Hall–Kier alpha value is -2.27. The van der Waals surface area contributed by atoms with Crippen LogP contribution < -0.4 is 9.47 Å². The molecular formula is C20H20ClFO4. The lowest BCUT2D eigenvalue weighted by atomic mass is 10.0. The van der Waals surface area contributed by atoms with Crippen molar-refractivity contribution in [2.75, 3.05) is 13.2 Å². The number of carboxylic acids is 1. The molecule has 6 heteroatoms. The minimum atomic E-state index is -0.917. The van der Waals surface area contributed by atoms with Crippen LogP contribution in [0.4, 0.5) is 4.39 Å². The molecule has 1 aliphatic rings. The lowest BCUT2D eigenvalue weighted by Crippen LogP contribution is -2.03. The van der Waals surface area contributed by atoms with E-state index < -0.39 is 11.8 Å². The van der Waals surface area contributed by atoms with E-state index in [0.29, 0.717) is 18.1 Å². The number of hydrogen-bond acceptors (Lipinski definition) is 3. The lowest BCUT2D eigenvalue weighted by Gasteiger charge is -2.12. The summed E-state index contributed by atoms with van der Waals surface area (Å²) < 4.78 is 25.5. The van der Waals surface area contributed by atoms with Crippen molar-refractivity contribution in [3.63, 3.8) is 0 Å². The second-order valence-electron chi connectivity index (χ2n) is 6.40. The lowest BCUT2D eigenvalue weighted by molar-refractivity contribution is -0.137. The summed E-state index contributed by atoms with van der Waals surface area (Å²) in [6.07, 6.45) is 2.68. The van der Waals surface area contributed by atoms with Gasteiger partial charge in [-0.2, -0.15) is 0 Å². The maximum atomic E-state index is 14.4. The van der Waals surface area contributed by atoms with Crippen LogP contribution in [0.5, 0.6) is 11.5 Å². The Kier molecular flexibility index (Phi) is 5.99. The molecule has 4 nitrogen and oxygen atoms in total. The van der Waals surface area contributed by atoms with Gasteiger partial charge in [-0.3, -0.25) is 4.79 Å². The molecular weight excluding hydrogens is 359 g/mol. The number of carbonyl (C=O) groups is 1. The van der Waals surface area contributed by atoms with Crippen molar-refractivity contribution in [1.82, 2.24) is 0 Å². The van der Waals surface area contributed by atoms with E-state index in [1.807, 2.05) is 24.3 Å². The number of halogens is 2. The molecule has 26 heavy (non-hydrogen) atoms. The van der Waals surface area contributed by atoms with Gasteiger partial charge in [0.2, 0.25) is 0 Å². The van der Waals surface area contributed by atoms with Gasteiger partial charge in [-0.25, -0.2) is 4.39 Å². The third kappa shape index (κ3) is 5.11. The van der Waals surface area contributed by atoms with Crippen molar-refractivity contribution in [1.29, 1.82) is 0 Å². The van der Waals surface area contributed by atoms with Crippen LogP contribution in [0.15, 0.2) is 36.4 Å². The molecule has 0 bridgehead atoms. The molecule has 0 heterocycles. The smallest absolute Gasteiger partial charge is 0.303 e. The Morgan fingerprint density at radius 3 is 2.69 bits per heavy atom. The molecule has 1 fully saturated rings. The molecule has 0 spiro atoms. The SMILES string of the molecule is O=C(O)CCCOc1c(F)cc(-c2cccc(OCC3CC3)c2)cc1Cl. The molecule has 1 saturated carbocycles. The molecule has 0 saturated heterocycles. The van der Waals surface area contributed by atoms with Gasteiger partial charge in [0, 0.05) is 6.42 Å². The number of carboxylic acid groups (broad SMARTS) is 1. The number of benzene rings is 2. The highest BCUT2D eigenvalue weighted by Gasteiger charge is 2.22. The van der Waals surface area contributed by atoms with E-state index in [-0.39, 0.29) is 30.2 Å². The predicted molar refractivity (Wildman–Crippen MR) is 97.4 cm³/mol. The molecule has 3 rings (SSSR count). The maximum absolute atomic E-state index is 14.4. The molecule has 0 radical (unpaired) electrons. The van der Waals surface area contributed by atoms with Gasteiger partial charge in [0.15, 0.2) is 11.6 Å². The van der Waals surface area contributed by atoms with Crippen molar-refractivity contribution in [3.8, 4) is 22.6 Å². The van der Waals surface area contributed by atoms with Gasteiger partial charge >= 0.3 is 5.97 Å². The fourth-order valence-electron chi connectivity index (χ4n) is 2.53. The predicted octanol–water partition coefficient (Wildman–Crippen LogP) is 5.18. The van der Waals surface area contributed by atoms with Crippen LogP contribution in [0.25, 0.3) is 11.1 Å². The summed E-state index contributed by atoms with van der Waals surface area (Å²) >= 11 is 6.16. The molecule has 0 aliphatic heterocycles. The van der Waals surface area contributed by atoms with Gasteiger partial charge in [0.1, 0.15) is 5.75 Å². The van der Waals surface area contributed by atoms with Crippen molar-refractivity contribution < 1.29 is 23.8 Å². The molecule has 0 unspecified atom stereocenters. The van der Waals surface area contributed by atoms with E-state index in [9.17, 15) is 9.18 Å². The topological polar surface area (TPSA) is 55.8 Å². The van der Waals surface area contributed by atoms with Crippen LogP contribution in [-0.4, -0.2) is 24.3 Å². The van der Waals surface area contributed by atoms with Crippen LogP contribution in [0.1, 0.15) is 25.7 Å². The summed E-state index contributed by atoms with van der Waals surface area (Å²) in [6, 6.07) is 10.5. The quantitative estimate of drug-likeness (QED) is 0.611. The number of hydrogen-bond donors (Lipinski definition) is 1. The molecule has 2 aromatic carbocycles. The van der Waals surface area contributed by atoms with Gasteiger partial charge in [0.05, 0.1) is 18.2 Å². The summed E-state index contributed by atoms with van der Waals surface area (Å²) in [7, 11) is 0. The number of rotatable bonds is 9. The zero-order valence-electron chi connectivity index (χ0n) is 14.2. The first-order valence-electron chi connectivity index (χ1n) is 8.60. The summed E-state index contributed by atoms with van der Waals surface area (Å²) in [5.74, 6) is -0.142. The third-order valence-corrected chi connectivity index (χ3v) is 4.41. The van der Waals surface area contributed by atoms with Crippen molar-refractivity contribution in [2.45, 2.75) is 25.7 Å². The average Bonchev–Trinajstić information content (AvgIpc) is 3.43. The highest BCUT2D eigenvalue weighted by Crippen LogP contribution is 2.35. The Morgan fingerprint density at radius 1 is 1.19 bits per heavy atom. The second-order valence-corrected chi connectivity index (χ2v) is 6.80. The van der Waals surface area contributed by atoms with Crippen LogP contribution in [-0.2, 0) is 4.79 Å². The largest absolute Gasteiger partial charge is 0.493 e. The van der Waals surface area contributed by atoms with Crippen LogP contribution in [0, 0.1) is 11.7 Å². The van der Waals surface area contributed by atoms with Crippen LogP contribution in [0.2, 0.25) is 5.02 Å². The average molecular weight is 379 g/mol. The standard InChI is InChI=1S/C20H20ClFO4/c21-17-10-15(11-18(22)20(17)25-8-2-5-19(23)24)14-3-1-4-16(9-14)26-12-13-6-7-13/h1,3-4,9-11,13H,2,5-8,12H2,(H,23,24). The molecule has 0 amide bonds. The Bertz CT molecular complexity index is 766. The Labute approximate surface area is 156 Å². The highest BCUT2D eigenvalue weighted by atomic mass is 35.5. The van der Waals surface area contributed by atoms with Crippen LogP contribution in [0.3, 0.4) is 0 Å². The van der Waals surface area contributed by atoms with E-state index in [1.54, 1.807) is 6.07 Å². The zero-order chi connectivity index (χ0) is 18.5. The van der Waals surface area contributed by atoms with Crippen molar-refractivity contribution >= 4 is 17.6 Å². The monoisotopic (exact) mass is 378 g/mol. The highest BCUT2D eigenvalue weighted by molar-refractivity contribution is 6.32. The molecule has 2 aromatic rings. The normalized spacial score (nSPS) is 13.5. The molecule has 1 N–H and O–H groups in total. The molecule has 0 aromatic heterocycles. The minimum Gasteiger partial charge on any atom is -0.493 e. The fraction of sp³-hybridized carbons (Fsp3) is 0.350. The maximum Gasteiger partial charge on any atom is 0.303 e. The summed E-state index contributed by atoms with van der Waals surface area (Å²) in [4.78, 5) is 10.5. The summed E-state index contributed by atoms with van der Waals surface area (Å²) in [5.41, 5.74) is 1.43. The van der Waals surface area contributed by atoms with E-state index in [0.717, 1.165) is 11.3 Å². The second kappa shape index (κ2) is 8.41. The third-order valence-electron chi connectivity index (χ3n) is 4.13. The summed E-state index contributed by atoms with van der Waals surface area (Å²) in [6.45, 7) is 0.800. The fourth-order valence-corrected chi connectivity index (χ4v) is 2.79. The molecule has 138 valence electrons. The Morgan fingerprint density at radius 2 is 2.00 bits per heavy atom. The number of ether oxygens (including phenoxy) is 2. The van der Waals surface area contributed by atoms with Gasteiger partial charge in [0.25, 0.3) is 0 Å². The van der Waals surface area contributed by atoms with Crippen molar-refractivity contribution in [3.05, 3.63) is 47.2 Å². The van der Waals surface area contributed by atoms with Gasteiger partial charge < -0.3 is 14.6 Å². The van der Waals surface area contributed by atoms with Gasteiger partial charge in [-0.1, -0.05) is 23.7 Å². The summed E-state index contributed by atoms with van der Waals surface area (Å²) in [5, 5.41) is 8.76. The first kappa shape index (κ1) is 18.5. The van der Waals surface area contributed by atoms with E-state index in [1.165, 1.54) is 18.9 Å². The molecule has 1 aliphatic carbocycles. The van der Waals surface area contributed by atoms with E-state index in [4.69, 9.17) is 26.2 Å². The van der Waals surface area contributed by atoms with Crippen LogP contribution >= 0.6 is 11.6 Å². The first-order valence-corrected chi connectivity index (χ1v) is 8.97. The minimum absolute atomic E-state index is 0.0367. The number of aliphatic carboxylic acids is 1. The van der Waals surface area contributed by atoms with Gasteiger partial charge in [-0.15, -0.1) is 0 Å².